The van der Waals surface area contributed by atoms with E-state index in [1.54, 1.807) is 6.07 Å². The van der Waals surface area contributed by atoms with Gasteiger partial charge in [-0.25, -0.2) is 0 Å². The standard InChI is InChI=1S/C8H8BrNO3S/c1-13-8(12)4-6(11)10-7-3-2-5(9)14-7/h2-3H,4H2,1H3,(H,10,11). The predicted molar refractivity (Wildman–Crippen MR) is 57.3 cm³/mol. The van der Waals surface area contributed by atoms with Crippen LogP contribution in [0.4, 0.5) is 5.00 Å². The summed E-state index contributed by atoms with van der Waals surface area (Å²) in [5, 5.41) is 3.28. The van der Waals surface area contributed by atoms with Crippen LogP contribution in [0.15, 0.2) is 15.9 Å². The molecule has 76 valence electrons. The highest BCUT2D eigenvalue weighted by molar-refractivity contribution is 9.11. The third kappa shape index (κ3) is 3.47. The van der Waals surface area contributed by atoms with Crippen molar-refractivity contribution < 1.29 is 14.3 Å². The molecule has 1 rings (SSSR count). The van der Waals surface area contributed by atoms with Crippen molar-refractivity contribution in [1.29, 1.82) is 0 Å². The van der Waals surface area contributed by atoms with Gasteiger partial charge in [0.2, 0.25) is 5.91 Å². The second-order valence-electron chi connectivity index (χ2n) is 2.40. The second kappa shape index (κ2) is 5.11. The van der Waals surface area contributed by atoms with Crippen LogP contribution in [0.2, 0.25) is 0 Å². The molecule has 0 unspecified atom stereocenters. The van der Waals surface area contributed by atoms with Gasteiger partial charge in [-0.3, -0.25) is 9.59 Å². The molecule has 0 bridgehead atoms. The molecule has 14 heavy (non-hydrogen) atoms. The van der Waals surface area contributed by atoms with Gasteiger partial charge in [0.25, 0.3) is 0 Å². The highest BCUT2D eigenvalue weighted by atomic mass is 79.9. The smallest absolute Gasteiger partial charge is 0.315 e. The quantitative estimate of drug-likeness (QED) is 0.679. The number of hydrogen-bond donors (Lipinski definition) is 1. The van der Waals surface area contributed by atoms with E-state index >= 15 is 0 Å². The van der Waals surface area contributed by atoms with Crippen LogP contribution in [0, 0.1) is 0 Å². The van der Waals surface area contributed by atoms with Crippen LogP contribution in [0.1, 0.15) is 6.42 Å². The summed E-state index contributed by atoms with van der Waals surface area (Å²) < 4.78 is 5.28. The molecule has 4 nitrogen and oxygen atoms in total. The number of nitrogens with one attached hydrogen (secondary N) is 1. The van der Waals surface area contributed by atoms with E-state index in [4.69, 9.17) is 0 Å². The van der Waals surface area contributed by atoms with E-state index in [0.29, 0.717) is 5.00 Å². The summed E-state index contributed by atoms with van der Waals surface area (Å²) in [6.45, 7) is 0. The number of carbonyl (C=O) groups is 2. The lowest BCUT2D eigenvalue weighted by Gasteiger charge is -2.00. The summed E-state index contributed by atoms with van der Waals surface area (Å²) in [4.78, 5) is 21.9. The van der Waals surface area contributed by atoms with Gasteiger partial charge in [0.05, 0.1) is 15.9 Å². The lowest BCUT2D eigenvalue weighted by molar-refractivity contribution is -0.142. The number of methoxy groups -OCH3 is 1. The molecule has 1 aromatic heterocycles. The number of ether oxygens (including phenoxy) is 1. The Labute approximate surface area is 93.4 Å². The summed E-state index contributed by atoms with van der Waals surface area (Å²) >= 11 is 4.65. The van der Waals surface area contributed by atoms with Gasteiger partial charge in [-0.2, -0.15) is 0 Å². The van der Waals surface area contributed by atoms with E-state index in [1.165, 1.54) is 18.4 Å². The fourth-order valence-corrected chi connectivity index (χ4v) is 2.07. The highest BCUT2D eigenvalue weighted by Crippen LogP contribution is 2.26. The number of esters is 1. The first-order chi connectivity index (χ1) is 6.61. The molecule has 0 aliphatic carbocycles. The zero-order valence-electron chi connectivity index (χ0n) is 7.37. The Bertz CT molecular complexity index is 350. The fraction of sp³-hybridized carbons (Fsp3) is 0.250. The summed E-state index contributed by atoms with van der Waals surface area (Å²) in [5.74, 6) is -0.913. The average Bonchev–Trinajstić information content (AvgIpc) is 2.50. The van der Waals surface area contributed by atoms with Crippen molar-refractivity contribution in [1.82, 2.24) is 0 Å². The number of rotatable bonds is 3. The topological polar surface area (TPSA) is 55.4 Å². The largest absolute Gasteiger partial charge is 0.469 e. The number of amides is 1. The van der Waals surface area contributed by atoms with E-state index in [9.17, 15) is 9.59 Å². The van der Waals surface area contributed by atoms with Gasteiger partial charge in [-0.05, 0) is 28.1 Å². The third-order valence-electron chi connectivity index (χ3n) is 1.37. The van der Waals surface area contributed by atoms with E-state index in [2.05, 4.69) is 26.0 Å². The fourth-order valence-electron chi connectivity index (χ4n) is 0.766. The Balaban J connectivity index is 2.45. The van der Waals surface area contributed by atoms with E-state index in [-0.39, 0.29) is 12.3 Å². The summed E-state index contributed by atoms with van der Waals surface area (Å²) in [5.41, 5.74) is 0. The van der Waals surface area contributed by atoms with E-state index in [0.717, 1.165) is 3.79 Å². The van der Waals surface area contributed by atoms with Crippen LogP contribution in [-0.4, -0.2) is 19.0 Å². The molecular formula is C8H8BrNO3S. The molecule has 1 N–H and O–H groups in total. The number of halogens is 1. The molecule has 1 amide bonds. The van der Waals surface area contributed by atoms with Crippen molar-refractivity contribution in [2.24, 2.45) is 0 Å². The Morgan fingerprint density at radius 2 is 2.29 bits per heavy atom. The lowest BCUT2D eigenvalue weighted by atomic mass is 10.4. The maximum absolute atomic E-state index is 11.2. The predicted octanol–water partition coefficient (Wildman–Crippen LogP) is 2.01. The average molecular weight is 278 g/mol. The molecule has 0 radical (unpaired) electrons. The number of anilines is 1. The highest BCUT2D eigenvalue weighted by Gasteiger charge is 2.10. The molecule has 6 heteroatoms. The Morgan fingerprint density at radius 1 is 1.57 bits per heavy atom. The second-order valence-corrected chi connectivity index (χ2v) is 4.87. The molecule has 0 aromatic carbocycles. The van der Waals surface area contributed by atoms with Crippen LogP contribution in [0.3, 0.4) is 0 Å². The first-order valence-electron chi connectivity index (χ1n) is 3.74. The minimum Gasteiger partial charge on any atom is -0.469 e. The minimum atomic E-state index is -0.543. The van der Waals surface area contributed by atoms with Crippen molar-refractivity contribution >= 4 is 44.1 Å². The summed E-state index contributed by atoms with van der Waals surface area (Å²) in [6.07, 6.45) is -0.258. The molecule has 0 spiro atoms. The Morgan fingerprint density at radius 3 is 2.79 bits per heavy atom. The number of thiophene rings is 1. The molecule has 1 heterocycles. The van der Waals surface area contributed by atoms with Crippen LogP contribution in [0.5, 0.6) is 0 Å². The minimum absolute atomic E-state index is 0.258. The van der Waals surface area contributed by atoms with Gasteiger partial charge < -0.3 is 10.1 Å². The van der Waals surface area contributed by atoms with Crippen LogP contribution in [-0.2, 0) is 14.3 Å². The van der Waals surface area contributed by atoms with Gasteiger partial charge in [0, 0.05) is 0 Å². The van der Waals surface area contributed by atoms with Gasteiger partial charge in [0.15, 0.2) is 0 Å². The third-order valence-corrected chi connectivity index (χ3v) is 2.91. The van der Waals surface area contributed by atoms with Gasteiger partial charge >= 0.3 is 5.97 Å². The number of carbonyl (C=O) groups excluding carboxylic acids is 2. The summed E-state index contributed by atoms with van der Waals surface area (Å²) in [7, 11) is 1.25. The van der Waals surface area contributed by atoms with Gasteiger partial charge in [-0.1, -0.05) is 0 Å². The van der Waals surface area contributed by atoms with Crippen molar-refractivity contribution in [3.63, 3.8) is 0 Å². The van der Waals surface area contributed by atoms with Crippen LogP contribution in [0.25, 0.3) is 0 Å². The first-order valence-corrected chi connectivity index (χ1v) is 5.35. The lowest BCUT2D eigenvalue weighted by Crippen LogP contribution is -2.16. The van der Waals surface area contributed by atoms with Crippen molar-refractivity contribution in [2.75, 3.05) is 12.4 Å². The molecule has 0 saturated heterocycles. The summed E-state index contributed by atoms with van der Waals surface area (Å²) in [6, 6.07) is 3.57. The normalized spacial score (nSPS) is 9.57. The zero-order valence-corrected chi connectivity index (χ0v) is 9.78. The van der Waals surface area contributed by atoms with Crippen molar-refractivity contribution in [3.05, 3.63) is 15.9 Å². The Hall–Kier alpha value is -0.880. The number of hydrogen-bond acceptors (Lipinski definition) is 4. The van der Waals surface area contributed by atoms with Crippen molar-refractivity contribution in [2.45, 2.75) is 6.42 Å². The van der Waals surface area contributed by atoms with Crippen LogP contribution >= 0.6 is 27.3 Å². The van der Waals surface area contributed by atoms with Gasteiger partial charge in [0.1, 0.15) is 6.42 Å². The molecule has 0 saturated carbocycles. The van der Waals surface area contributed by atoms with E-state index in [1.807, 2.05) is 6.07 Å². The molecule has 1 aromatic rings. The first kappa shape index (κ1) is 11.2. The molecule has 0 aliphatic rings. The maximum atomic E-state index is 11.2. The van der Waals surface area contributed by atoms with Crippen molar-refractivity contribution in [3.8, 4) is 0 Å². The molecule has 0 aliphatic heterocycles. The monoisotopic (exact) mass is 277 g/mol. The van der Waals surface area contributed by atoms with E-state index < -0.39 is 5.97 Å². The Kier molecular flexibility index (Phi) is 4.09. The maximum Gasteiger partial charge on any atom is 0.315 e. The SMILES string of the molecule is COC(=O)CC(=O)Nc1ccc(Br)s1. The van der Waals surface area contributed by atoms with Gasteiger partial charge in [-0.15, -0.1) is 11.3 Å². The molecular weight excluding hydrogens is 270 g/mol. The van der Waals surface area contributed by atoms with Crippen LogP contribution < -0.4 is 5.32 Å². The molecule has 0 atom stereocenters. The molecule has 0 fully saturated rings. The zero-order chi connectivity index (χ0) is 10.6.